The van der Waals surface area contributed by atoms with E-state index in [-0.39, 0.29) is 35.9 Å². The number of imide groups is 2. The highest BCUT2D eigenvalue weighted by molar-refractivity contribution is 6.25. The lowest BCUT2D eigenvalue weighted by Gasteiger charge is -2.29. The standard InChI is InChI=1S/C20H21N3O6/c24-15-9-8-14(17(25)22-15)23-18(26)12-2-1-3-13(16(12)19(23)27)21-11-6-4-10(5-7-11)20(28)29/h1-3,10-11,14,21H,4-9H2,(H,28,29)(H,22,24,25). The number of fused-ring (bicyclic) bond motifs is 1. The minimum absolute atomic E-state index is 0.00431. The molecule has 152 valence electrons. The number of anilines is 1. The Bertz CT molecular complexity index is 919. The molecule has 1 aromatic rings. The highest BCUT2D eigenvalue weighted by atomic mass is 16.4. The normalized spacial score (nSPS) is 26.9. The summed E-state index contributed by atoms with van der Waals surface area (Å²) in [5.74, 6) is -3.29. The van der Waals surface area contributed by atoms with Gasteiger partial charge in [-0.1, -0.05) is 6.07 Å². The van der Waals surface area contributed by atoms with Crippen molar-refractivity contribution < 1.29 is 29.1 Å². The van der Waals surface area contributed by atoms with E-state index in [1.807, 2.05) is 0 Å². The van der Waals surface area contributed by atoms with E-state index in [9.17, 15) is 24.0 Å². The summed E-state index contributed by atoms with van der Waals surface area (Å²) in [4.78, 5) is 61.5. The second-order valence-electron chi connectivity index (χ2n) is 7.71. The molecule has 1 atom stereocenters. The van der Waals surface area contributed by atoms with Gasteiger partial charge >= 0.3 is 5.97 Å². The molecular weight excluding hydrogens is 378 g/mol. The summed E-state index contributed by atoms with van der Waals surface area (Å²) in [6, 6.07) is 3.93. The van der Waals surface area contributed by atoms with Gasteiger partial charge in [-0.25, -0.2) is 0 Å². The molecule has 0 radical (unpaired) electrons. The number of carboxylic acids is 1. The molecule has 4 amide bonds. The van der Waals surface area contributed by atoms with Crippen LogP contribution in [0.2, 0.25) is 0 Å². The van der Waals surface area contributed by atoms with Crippen molar-refractivity contribution in [1.82, 2.24) is 10.2 Å². The Balaban J connectivity index is 1.55. The van der Waals surface area contributed by atoms with Gasteiger partial charge in [-0.2, -0.15) is 0 Å². The molecule has 2 heterocycles. The number of piperidine rings is 1. The highest BCUT2D eigenvalue weighted by Gasteiger charge is 2.45. The third-order valence-corrected chi connectivity index (χ3v) is 5.90. The Labute approximate surface area is 166 Å². The van der Waals surface area contributed by atoms with Crippen LogP contribution in [-0.2, 0) is 14.4 Å². The minimum atomic E-state index is -1.00. The Morgan fingerprint density at radius 2 is 1.76 bits per heavy atom. The van der Waals surface area contributed by atoms with Crippen LogP contribution in [0.1, 0.15) is 59.2 Å². The molecule has 3 N–H and O–H groups in total. The van der Waals surface area contributed by atoms with Gasteiger partial charge in [0, 0.05) is 18.2 Å². The average Bonchev–Trinajstić information content (AvgIpc) is 2.94. The van der Waals surface area contributed by atoms with Gasteiger partial charge < -0.3 is 10.4 Å². The second kappa shape index (κ2) is 7.31. The van der Waals surface area contributed by atoms with Crippen LogP contribution < -0.4 is 10.6 Å². The fraction of sp³-hybridized carbons (Fsp3) is 0.450. The van der Waals surface area contributed by atoms with Crippen molar-refractivity contribution >= 4 is 35.3 Å². The first-order valence-corrected chi connectivity index (χ1v) is 9.70. The van der Waals surface area contributed by atoms with Gasteiger partial charge in [-0.15, -0.1) is 0 Å². The average molecular weight is 399 g/mol. The van der Waals surface area contributed by atoms with Crippen molar-refractivity contribution in [1.29, 1.82) is 0 Å². The zero-order valence-corrected chi connectivity index (χ0v) is 15.6. The number of hydrogen-bond donors (Lipinski definition) is 3. The molecule has 4 rings (SSSR count). The topological polar surface area (TPSA) is 133 Å². The third kappa shape index (κ3) is 3.37. The van der Waals surface area contributed by atoms with Crippen LogP contribution in [0.25, 0.3) is 0 Å². The highest BCUT2D eigenvalue weighted by Crippen LogP contribution is 2.34. The monoisotopic (exact) mass is 399 g/mol. The van der Waals surface area contributed by atoms with E-state index < -0.39 is 35.6 Å². The number of carboxylic acid groups (broad SMARTS) is 1. The molecule has 1 saturated heterocycles. The summed E-state index contributed by atoms with van der Waals surface area (Å²) in [5.41, 5.74) is 0.959. The third-order valence-electron chi connectivity index (χ3n) is 5.90. The molecule has 9 heteroatoms. The lowest BCUT2D eigenvalue weighted by Crippen LogP contribution is -2.54. The number of amides is 4. The maximum atomic E-state index is 13.1. The number of hydrogen-bond acceptors (Lipinski definition) is 6. The van der Waals surface area contributed by atoms with E-state index in [0.717, 1.165) is 4.90 Å². The lowest BCUT2D eigenvalue weighted by atomic mass is 9.86. The van der Waals surface area contributed by atoms with Crippen LogP contribution in [0.15, 0.2) is 18.2 Å². The summed E-state index contributed by atoms with van der Waals surface area (Å²) >= 11 is 0. The molecular formula is C20H21N3O6. The lowest BCUT2D eigenvalue weighted by molar-refractivity contribution is -0.143. The first-order chi connectivity index (χ1) is 13.9. The minimum Gasteiger partial charge on any atom is -0.481 e. The maximum Gasteiger partial charge on any atom is 0.306 e. The number of benzene rings is 1. The smallest absolute Gasteiger partial charge is 0.306 e. The molecule has 0 bridgehead atoms. The first kappa shape index (κ1) is 19.1. The SMILES string of the molecule is O=C1CCC(N2C(=O)c3cccc(NC4CCC(C(=O)O)CC4)c3C2=O)C(=O)N1. The van der Waals surface area contributed by atoms with Crippen molar-refractivity contribution in [2.75, 3.05) is 5.32 Å². The summed E-state index contributed by atoms with van der Waals surface area (Å²) in [7, 11) is 0. The summed E-state index contributed by atoms with van der Waals surface area (Å²) < 4.78 is 0. The number of carbonyl (C=O) groups is 5. The Morgan fingerprint density at radius 1 is 1.03 bits per heavy atom. The van der Waals surface area contributed by atoms with E-state index in [4.69, 9.17) is 5.11 Å². The summed E-state index contributed by atoms with van der Waals surface area (Å²) in [6.07, 6.45) is 2.59. The Morgan fingerprint density at radius 3 is 2.41 bits per heavy atom. The number of nitrogens with one attached hydrogen (secondary N) is 2. The number of carbonyl (C=O) groups excluding carboxylic acids is 4. The van der Waals surface area contributed by atoms with Gasteiger partial charge in [0.2, 0.25) is 11.8 Å². The van der Waals surface area contributed by atoms with Crippen LogP contribution in [-0.4, -0.2) is 51.7 Å². The number of nitrogens with zero attached hydrogens (tertiary/aromatic N) is 1. The molecule has 1 unspecified atom stereocenters. The van der Waals surface area contributed by atoms with Gasteiger partial charge in [-0.05, 0) is 44.2 Å². The van der Waals surface area contributed by atoms with Gasteiger partial charge in [0.15, 0.2) is 0 Å². The molecule has 2 aliphatic heterocycles. The molecule has 0 spiro atoms. The van der Waals surface area contributed by atoms with Crippen LogP contribution >= 0.6 is 0 Å². The second-order valence-corrected chi connectivity index (χ2v) is 7.71. The predicted molar refractivity (Wildman–Crippen MR) is 100 cm³/mol. The molecule has 29 heavy (non-hydrogen) atoms. The van der Waals surface area contributed by atoms with Crippen molar-refractivity contribution in [3.05, 3.63) is 29.3 Å². The van der Waals surface area contributed by atoms with Crippen molar-refractivity contribution in [3.8, 4) is 0 Å². The van der Waals surface area contributed by atoms with E-state index in [0.29, 0.717) is 31.4 Å². The van der Waals surface area contributed by atoms with Gasteiger partial charge in [-0.3, -0.25) is 34.2 Å². The van der Waals surface area contributed by atoms with E-state index in [1.54, 1.807) is 18.2 Å². The van der Waals surface area contributed by atoms with E-state index >= 15 is 0 Å². The molecule has 0 aromatic heterocycles. The zero-order valence-electron chi connectivity index (χ0n) is 15.6. The Kier molecular flexibility index (Phi) is 4.81. The van der Waals surface area contributed by atoms with Crippen molar-refractivity contribution in [2.24, 2.45) is 5.92 Å². The van der Waals surface area contributed by atoms with Crippen molar-refractivity contribution in [3.63, 3.8) is 0 Å². The number of rotatable bonds is 4. The quantitative estimate of drug-likeness (QED) is 0.647. The Hall–Kier alpha value is -3.23. The fourth-order valence-corrected chi connectivity index (χ4v) is 4.34. The fourth-order valence-electron chi connectivity index (χ4n) is 4.34. The number of aliphatic carboxylic acids is 1. The zero-order chi connectivity index (χ0) is 20.7. The molecule has 9 nitrogen and oxygen atoms in total. The van der Waals surface area contributed by atoms with Crippen LogP contribution in [0.4, 0.5) is 5.69 Å². The predicted octanol–water partition coefficient (Wildman–Crippen LogP) is 1.14. The van der Waals surface area contributed by atoms with E-state index in [1.165, 1.54) is 0 Å². The largest absolute Gasteiger partial charge is 0.481 e. The van der Waals surface area contributed by atoms with E-state index in [2.05, 4.69) is 10.6 Å². The van der Waals surface area contributed by atoms with Crippen LogP contribution in [0.3, 0.4) is 0 Å². The van der Waals surface area contributed by atoms with Gasteiger partial charge in [0.05, 0.1) is 17.0 Å². The first-order valence-electron chi connectivity index (χ1n) is 9.70. The summed E-state index contributed by atoms with van der Waals surface area (Å²) in [5, 5.41) is 14.6. The molecule has 1 aliphatic carbocycles. The molecule has 3 aliphatic rings. The maximum absolute atomic E-state index is 13.1. The van der Waals surface area contributed by atoms with Crippen molar-refractivity contribution in [2.45, 2.75) is 50.6 Å². The summed E-state index contributed by atoms with van der Waals surface area (Å²) in [6.45, 7) is 0. The molecule has 2 fully saturated rings. The van der Waals surface area contributed by atoms with Gasteiger partial charge in [0.1, 0.15) is 6.04 Å². The van der Waals surface area contributed by atoms with Gasteiger partial charge in [0.25, 0.3) is 11.8 Å². The van der Waals surface area contributed by atoms with Crippen LogP contribution in [0.5, 0.6) is 0 Å². The van der Waals surface area contributed by atoms with Crippen LogP contribution in [0, 0.1) is 5.92 Å². The molecule has 1 saturated carbocycles. The molecule has 1 aromatic carbocycles.